The molecule has 2 aromatic carbocycles. The Kier molecular flexibility index (Phi) is 3.83. The normalized spacial score (nSPS) is 10.4. The lowest BCUT2D eigenvalue weighted by Gasteiger charge is -2.10. The summed E-state index contributed by atoms with van der Waals surface area (Å²) >= 11 is 7.55. The van der Waals surface area contributed by atoms with E-state index in [1.165, 1.54) is 3.57 Å². The van der Waals surface area contributed by atoms with Crippen molar-refractivity contribution in [3.63, 3.8) is 0 Å². The lowest BCUT2D eigenvalue weighted by atomic mass is 10.2. The molecule has 2 N–H and O–H groups in total. The Labute approximate surface area is 134 Å². The number of anilines is 2. The van der Waals surface area contributed by atoms with E-state index in [-0.39, 0.29) is 0 Å². The van der Waals surface area contributed by atoms with E-state index in [0.717, 1.165) is 22.3 Å². The van der Waals surface area contributed by atoms with Crippen LogP contribution in [0.15, 0.2) is 53.3 Å². The Balaban J connectivity index is 1.70. The van der Waals surface area contributed by atoms with Crippen LogP contribution in [0.1, 0.15) is 0 Å². The summed E-state index contributed by atoms with van der Waals surface area (Å²) in [5, 5.41) is 11.7. The highest BCUT2D eigenvalue weighted by Gasteiger charge is 2.02. The highest BCUT2D eigenvalue weighted by molar-refractivity contribution is 14.1. The molecule has 0 spiro atoms. The van der Waals surface area contributed by atoms with Crippen LogP contribution in [0.5, 0.6) is 0 Å². The van der Waals surface area contributed by atoms with Crippen LogP contribution in [0.25, 0.3) is 10.9 Å². The minimum absolute atomic E-state index is 0.536. The van der Waals surface area contributed by atoms with E-state index >= 15 is 0 Å². The molecule has 3 aromatic rings. The van der Waals surface area contributed by atoms with Gasteiger partial charge in [0.2, 0.25) is 0 Å². The molecule has 20 heavy (non-hydrogen) atoms. The van der Waals surface area contributed by atoms with Crippen LogP contribution in [0.3, 0.4) is 0 Å². The van der Waals surface area contributed by atoms with Gasteiger partial charge in [0.1, 0.15) is 11.8 Å². The van der Waals surface area contributed by atoms with Crippen molar-refractivity contribution in [1.82, 2.24) is 5.16 Å². The minimum atomic E-state index is 0.536. The minimum Gasteiger partial charge on any atom is -0.364 e. The lowest BCUT2D eigenvalue weighted by molar-refractivity contribution is 0.428. The van der Waals surface area contributed by atoms with Gasteiger partial charge in [-0.3, -0.25) is 0 Å². The fraction of sp³-hybridized carbons (Fsp3) is 0. The molecular weight excluding hydrogens is 385 g/mol. The van der Waals surface area contributed by atoms with Gasteiger partial charge < -0.3 is 15.2 Å². The Hall–Kier alpha value is -1.67. The first kappa shape index (κ1) is 13.3. The second kappa shape index (κ2) is 5.76. The van der Waals surface area contributed by atoms with Crippen molar-refractivity contribution in [3.8, 4) is 0 Å². The van der Waals surface area contributed by atoms with Crippen molar-refractivity contribution < 1.29 is 4.52 Å². The number of aromatic nitrogens is 1. The first-order chi connectivity index (χ1) is 9.70. The fourth-order valence-corrected chi connectivity index (χ4v) is 2.36. The van der Waals surface area contributed by atoms with Crippen LogP contribution in [0.2, 0.25) is 0 Å². The maximum Gasteiger partial charge on any atom is 0.175 e. The number of hydrogen-bond acceptors (Lipinski definition) is 3. The number of fused-ring (bicyclic) bond motifs is 1. The second-order valence-corrected chi connectivity index (χ2v) is 5.83. The molecule has 0 aliphatic rings. The Morgan fingerprint density at radius 3 is 2.55 bits per heavy atom. The molecule has 0 bridgehead atoms. The van der Waals surface area contributed by atoms with E-state index in [0.29, 0.717) is 5.11 Å². The quantitative estimate of drug-likeness (QED) is 0.502. The van der Waals surface area contributed by atoms with Crippen molar-refractivity contribution in [2.24, 2.45) is 0 Å². The monoisotopic (exact) mass is 395 g/mol. The van der Waals surface area contributed by atoms with E-state index in [1.54, 1.807) is 6.26 Å². The van der Waals surface area contributed by atoms with Gasteiger partial charge in [-0.1, -0.05) is 5.16 Å². The van der Waals surface area contributed by atoms with E-state index < -0.39 is 0 Å². The number of rotatable bonds is 2. The first-order valence-corrected chi connectivity index (χ1v) is 7.37. The average molecular weight is 395 g/mol. The van der Waals surface area contributed by atoms with Gasteiger partial charge in [0, 0.05) is 20.3 Å². The number of benzene rings is 2. The maximum atomic E-state index is 5.29. The van der Waals surface area contributed by atoms with Crippen LogP contribution in [0.4, 0.5) is 11.4 Å². The molecule has 0 aliphatic heterocycles. The zero-order valence-corrected chi connectivity index (χ0v) is 13.2. The van der Waals surface area contributed by atoms with Crippen LogP contribution < -0.4 is 10.6 Å². The molecule has 0 atom stereocenters. The Morgan fingerprint density at radius 1 is 1.05 bits per heavy atom. The molecule has 0 amide bonds. The molecule has 1 aromatic heterocycles. The standard InChI is InChI=1S/C14H10IN3OS/c15-10-2-5-11(6-3-10)16-14(20)17-12-4-1-9-8-19-18-13(9)7-12/h1-8H,(H2,16,17,20). The summed E-state index contributed by atoms with van der Waals surface area (Å²) in [5.74, 6) is 0. The summed E-state index contributed by atoms with van der Waals surface area (Å²) in [7, 11) is 0. The maximum absolute atomic E-state index is 5.29. The number of thiocarbonyl (C=S) groups is 1. The molecule has 6 heteroatoms. The molecule has 1 heterocycles. The zero-order chi connectivity index (χ0) is 13.9. The molecule has 3 rings (SSSR count). The van der Waals surface area contributed by atoms with Crippen LogP contribution in [-0.4, -0.2) is 10.3 Å². The number of nitrogens with zero attached hydrogens (tertiary/aromatic N) is 1. The molecule has 100 valence electrons. The van der Waals surface area contributed by atoms with E-state index in [9.17, 15) is 0 Å². The molecular formula is C14H10IN3OS. The Morgan fingerprint density at radius 2 is 1.75 bits per heavy atom. The predicted molar refractivity (Wildman–Crippen MR) is 93.0 cm³/mol. The molecule has 0 saturated heterocycles. The predicted octanol–water partition coefficient (Wildman–Crippen LogP) is 4.24. The number of hydrogen-bond donors (Lipinski definition) is 2. The van der Waals surface area contributed by atoms with Crippen molar-refractivity contribution >= 4 is 62.2 Å². The molecule has 0 saturated carbocycles. The van der Waals surface area contributed by atoms with Crippen molar-refractivity contribution in [1.29, 1.82) is 0 Å². The van der Waals surface area contributed by atoms with Crippen molar-refractivity contribution in [2.75, 3.05) is 10.6 Å². The van der Waals surface area contributed by atoms with Crippen molar-refractivity contribution in [3.05, 3.63) is 52.3 Å². The van der Waals surface area contributed by atoms with Gasteiger partial charge in [-0.2, -0.15) is 0 Å². The molecule has 0 aliphatic carbocycles. The van der Waals surface area contributed by atoms with Gasteiger partial charge in [0.15, 0.2) is 5.11 Å². The van der Waals surface area contributed by atoms with Gasteiger partial charge in [0.05, 0.1) is 0 Å². The highest BCUT2D eigenvalue weighted by atomic mass is 127. The molecule has 0 unspecified atom stereocenters. The third kappa shape index (κ3) is 3.07. The summed E-state index contributed by atoms with van der Waals surface area (Å²) in [4.78, 5) is 0. The average Bonchev–Trinajstić information content (AvgIpc) is 2.89. The molecule has 0 fully saturated rings. The van der Waals surface area contributed by atoms with E-state index in [4.69, 9.17) is 16.7 Å². The third-order valence-electron chi connectivity index (χ3n) is 2.72. The fourth-order valence-electron chi connectivity index (χ4n) is 1.77. The first-order valence-electron chi connectivity index (χ1n) is 5.88. The SMILES string of the molecule is S=C(Nc1ccc(I)cc1)Nc1ccc2conc2c1. The van der Waals surface area contributed by atoms with Gasteiger partial charge >= 0.3 is 0 Å². The largest absolute Gasteiger partial charge is 0.364 e. The van der Waals surface area contributed by atoms with Gasteiger partial charge in [-0.15, -0.1) is 0 Å². The highest BCUT2D eigenvalue weighted by Crippen LogP contribution is 2.18. The molecule has 4 nitrogen and oxygen atoms in total. The van der Waals surface area contributed by atoms with Crippen LogP contribution >= 0.6 is 34.8 Å². The topological polar surface area (TPSA) is 50.1 Å². The van der Waals surface area contributed by atoms with Gasteiger partial charge in [-0.25, -0.2) is 0 Å². The van der Waals surface area contributed by atoms with Gasteiger partial charge in [0.25, 0.3) is 0 Å². The molecule has 0 radical (unpaired) electrons. The lowest BCUT2D eigenvalue weighted by Crippen LogP contribution is -2.18. The van der Waals surface area contributed by atoms with E-state index in [2.05, 4.69) is 38.4 Å². The summed E-state index contributed by atoms with van der Waals surface area (Å²) in [6, 6.07) is 13.8. The smallest absolute Gasteiger partial charge is 0.175 e. The zero-order valence-electron chi connectivity index (χ0n) is 10.3. The Bertz CT molecular complexity index is 754. The number of halogens is 1. The van der Waals surface area contributed by atoms with Crippen LogP contribution in [0, 0.1) is 3.57 Å². The summed E-state index contributed by atoms with van der Waals surface area (Å²) < 4.78 is 6.09. The summed E-state index contributed by atoms with van der Waals surface area (Å²) in [5.41, 5.74) is 2.62. The second-order valence-electron chi connectivity index (χ2n) is 4.17. The van der Waals surface area contributed by atoms with Crippen LogP contribution in [-0.2, 0) is 0 Å². The van der Waals surface area contributed by atoms with Crippen molar-refractivity contribution in [2.45, 2.75) is 0 Å². The number of nitrogens with one attached hydrogen (secondary N) is 2. The summed E-state index contributed by atoms with van der Waals surface area (Å²) in [6.07, 6.45) is 1.61. The van der Waals surface area contributed by atoms with Gasteiger partial charge in [-0.05, 0) is 77.3 Å². The summed E-state index contributed by atoms with van der Waals surface area (Å²) in [6.45, 7) is 0. The van der Waals surface area contributed by atoms with E-state index in [1.807, 2.05) is 42.5 Å². The third-order valence-corrected chi connectivity index (χ3v) is 3.64.